The number of nitrogens with two attached hydrogens (primary N) is 1. The van der Waals surface area contributed by atoms with Gasteiger partial charge in [0.1, 0.15) is 6.04 Å². The first-order chi connectivity index (χ1) is 8.49. The molecule has 6 nitrogen and oxygen atoms in total. The van der Waals surface area contributed by atoms with Gasteiger partial charge in [0.15, 0.2) is 0 Å². The topological polar surface area (TPSA) is 78.7 Å². The molecule has 18 heavy (non-hydrogen) atoms. The zero-order chi connectivity index (χ0) is 13.3. The summed E-state index contributed by atoms with van der Waals surface area (Å²) in [5.74, 6) is 0.0477. The van der Waals surface area contributed by atoms with Crippen molar-refractivity contribution >= 4 is 11.9 Å². The van der Waals surface area contributed by atoms with Crippen molar-refractivity contribution in [1.29, 1.82) is 0 Å². The number of amides is 3. The van der Waals surface area contributed by atoms with Crippen molar-refractivity contribution in [3.05, 3.63) is 0 Å². The summed E-state index contributed by atoms with van der Waals surface area (Å²) in [6, 6.07) is -0.246. The van der Waals surface area contributed by atoms with E-state index < -0.39 is 6.03 Å². The van der Waals surface area contributed by atoms with Crippen LogP contribution in [0.15, 0.2) is 0 Å². The first-order valence-electron chi connectivity index (χ1n) is 6.60. The summed E-state index contributed by atoms with van der Waals surface area (Å²) in [6.07, 6.45) is 1.59. The third-order valence-corrected chi connectivity index (χ3v) is 3.69. The average Bonchev–Trinajstić information content (AvgIpc) is 2.75. The van der Waals surface area contributed by atoms with E-state index in [4.69, 9.17) is 5.73 Å². The van der Waals surface area contributed by atoms with Gasteiger partial charge in [-0.1, -0.05) is 0 Å². The Kier molecular flexibility index (Phi) is 3.75. The van der Waals surface area contributed by atoms with Crippen molar-refractivity contribution in [1.82, 2.24) is 15.1 Å². The Morgan fingerprint density at radius 3 is 2.39 bits per heavy atom. The van der Waals surface area contributed by atoms with Gasteiger partial charge in [-0.3, -0.25) is 4.79 Å². The fourth-order valence-corrected chi connectivity index (χ4v) is 3.00. The van der Waals surface area contributed by atoms with Crippen LogP contribution in [-0.4, -0.2) is 59.5 Å². The van der Waals surface area contributed by atoms with Crippen LogP contribution in [0, 0.1) is 0 Å². The number of hydrogen-bond acceptors (Lipinski definition) is 3. The van der Waals surface area contributed by atoms with Gasteiger partial charge in [0.2, 0.25) is 5.91 Å². The van der Waals surface area contributed by atoms with Gasteiger partial charge < -0.3 is 20.9 Å². The van der Waals surface area contributed by atoms with Gasteiger partial charge in [0, 0.05) is 31.7 Å². The van der Waals surface area contributed by atoms with Crippen molar-refractivity contribution in [2.45, 2.75) is 44.8 Å². The van der Waals surface area contributed by atoms with Gasteiger partial charge in [-0.2, -0.15) is 0 Å². The molecule has 2 fully saturated rings. The summed E-state index contributed by atoms with van der Waals surface area (Å²) >= 11 is 0. The molecule has 2 rings (SSSR count). The summed E-state index contributed by atoms with van der Waals surface area (Å²) in [4.78, 5) is 27.1. The Hall–Kier alpha value is -1.30. The summed E-state index contributed by atoms with van der Waals surface area (Å²) in [5.41, 5.74) is 5.31. The summed E-state index contributed by atoms with van der Waals surface area (Å²) in [7, 11) is 0. The van der Waals surface area contributed by atoms with Gasteiger partial charge in [-0.15, -0.1) is 0 Å². The molecule has 102 valence electrons. The smallest absolute Gasteiger partial charge is 0.315 e. The highest BCUT2D eigenvalue weighted by atomic mass is 16.2. The Morgan fingerprint density at radius 2 is 1.83 bits per heavy atom. The van der Waals surface area contributed by atoms with Crippen LogP contribution in [0.5, 0.6) is 0 Å². The number of carbonyl (C=O) groups excluding carboxylic acids is 2. The normalized spacial score (nSPS) is 32.7. The minimum atomic E-state index is -0.484. The number of nitrogens with one attached hydrogen (secondary N) is 1. The van der Waals surface area contributed by atoms with Crippen LogP contribution >= 0.6 is 0 Å². The maximum Gasteiger partial charge on any atom is 0.315 e. The monoisotopic (exact) mass is 254 g/mol. The molecular weight excluding hydrogens is 232 g/mol. The largest absolute Gasteiger partial charge is 0.351 e. The molecule has 0 unspecified atom stereocenters. The van der Waals surface area contributed by atoms with Crippen LogP contribution in [0.1, 0.15) is 26.7 Å². The lowest BCUT2D eigenvalue weighted by molar-refractivity contribution is -0.136. The van der Waals surface area contributed by atoms with E-state index in [9.17, 15) is 9.59 Å². The van der Waals surface area contributed by atoms with E-state index in [2.05, 4.69) is 19.2 Å². The standard InChI is InChI=1S/C12H22N4O2/c1-8-6-15(7-9(2)14-8)11(17)10-4-3-5-16(10)12(13)18/h8-10,14H,3-7H2,1-2H3,(H2,13,18)/t8-,9-,10+/m1/s1. The number of likely N-dealkylation sites (tertiary alicyclic amines) is 1. The Labute approximate surface area is 107 Å². The van der Waals surface area contributed by atoms with E-state index in [-0.39, 0.29) is 11.9 Å². The predicted octanol–water partition coefficient (Wildman–Crippen LogP) is -0.262. The zero-order valence-electron chi connectivity index (χ0n) is 11.1. The molecule has 2 aliphatic heterocycles. The SMILES string of the molecule is C[C@@H]1CN(C(=O)[C@@H]2CCCN2C(N)=O)C[C@@H](C)N1. The molecule has 0 spiro atoms. The molecule has 0 aromatic rings. The molecule has 0 radical (unpaired) electrons. The Bertz CT molecular complexity index is 337. The van der Waals surface area contributed by atoms with Gasteiger partial charge in [0.25, 0.3) is 0 Å². The Balaban J connectivity index is 2.04. The molecule has 3 amide bonds. The third-order valence-electron chi connectivity index (χ3n) is 3.69. The summed E-state index contributed by atoms with van der Waals surface area (Å²) in [6.45, 7) is 6.13. The maximum absolute atomic E-state index is 12.5. The highest BCUT2D eigenvalue weighted by Crippen LogP contribution is 2.20. The molecule has 3 N–H and O–H groups in total. The van der Waals surface area contributed by atoms with Crippen LogP contribution in [0.25, 0.3) is 0 Å². The van der Waals surface area contributed by atoms with Crippen LogP contribution in [-0.2, 0) is 4.79 Å². The highest BCUT2D eigenvalue weighted by molar-refractivity contribution is 5.87. The van der Waals surface area contributed by atoms with Gasteiger partial charge in [-0.25, -0.2) is 4.79 Å². The number of urea groups is 1. The van der Waals surface area contributed by atoms with Crippen LogP contribution < -0.4 is 11.1 Å². The van der Waals surface area contributed by atoms with E-state index >= 15 is 0 Å². The van der Waals surface area contributed by atoms with Crippen molar-refractivity contribution in [2.24, 2.45) is 5.73 Å². The molecule has 0 aromatic carbocycles. The predicted molar refractivity (Wildman–Crippen MR) is 68.0 cm³/mol. The number of nitrogens with zero attached hydrogens (tertiary/aromatic N) is 2. The van der Waals surface area contributed by atoms with Crippen LogP contribution in [0.3, 0.4) is 0 Å². The first-order valence-corrected chi connectivity index (χ1v) is 6.60. The van der Waals surface area contributed by atoms with E-state index in [1.165, 1.54) is 4.90 Å². The molecule has 6 heteroatoms. The molecular formula is C12H22N4O2. The molecule has 2 saturated heterocycles. The van der Waals surface area contributed by atoms with Crippen molar-refractivity contribution in [3.63, 3.8) is 0 Å². The number of rotatable bonds is 1. The van der Waals surface area contributed by atoms with E-state index in [1.54, 1.807) is 0 Å². The van der Waals surface area contributed by atoms with Gasteiger partial charge in [-0.05, 0) is 26.7 Å². The fraction of sp³-hybridized carbons (Fsp3) is 0.833. The number of primary amides is 1. The zero-order valence-corrected chi connectivity index (χ0v) is 11.1. The molecule has 0 aliphatic carbocycles. The molecule has 2 heterocycles. The minimum Gasteiger partial charge on any atom is -0.351 e. The van der Waals surface area contributed by atoms with Gasteiger partial charge >= 0.3 is 6.03 Å². The maximum atomic E-state index is 12.5. The molecule has 3 atom stereocenters. The second-order valence-corrected chi connectivity index (χ2v) is 5.40. The van der Waals surface area contributed by atoms with Crippen molar-refractivity contribution < 1.29 is 9.59 Å². The van der Waals surface area contributed by atoms with E-state index in [0.29, 0.717) is 31.7 Å². The molecule has 0 saturated carbocycles. The lowest BCUT2D eigenvalue weighted by atomic mass is 10.1. The number of carbonyl (C=O) groups is 2. The number of piperazine rings is 1. The van der Waals surface area contributed by atoms with Crippen molar-refractivity contribution in [3.8, 4) is 0 Å². The quantitative estimate of drug-likeness (QED) is 0.676. The first kappa shape index (κ1) is 13.1. The molecule has 2 aliphatic rings. The van der Waals surface area contributed by atoms with Crippen LogP contribution in [0.4, 0.5) is 4.79 Å². The fourth-order valence-electron chi connectivity index (χ4n) is 3.00. The van der Waals surface area contributed by atoms with E-state index in [0.717, 1.165) is 12.8 Å². The minimum absolute atomic E-state index is 0.0477. The van der Waals surface area contributed by atoms with Gasteiger partial charge in [0.05, 0.1) is 0 Å². The Morgan fingerprint density at radius 1 is 1.22 bits per heavy atom. The second kappa shape index (κ2) is 5.14. The lowest BCUT2D eigenvalue weighted by Crippen LogP contribution is -2.59. The van der Waals surface area contributed by atoms with E-state index in [1.807, 2.05) is 4.90 Å². The van der Waals surface area contributed by atoms with Crippen LogP contribution in [0.2, 0.25) is 0 Å². The third kappa shape index (κ3) is 2.58. The molecule has 0 aromatic heterocycles. The molecule has 0 bridgehead atoms. The summed E-state index contributed by atoms with van der Waals surface area (Å²) < 4.78 is 0. The highest BCUT2D eigenvalue weighted by Gasteiger charge is 2.37. The number of hydrogen-bond donors (Lipinski definition) is 2. The second-order valence-electron chi connectivity index (χ2n) is 5.40. The average molecular weight is 254 g/mol. The summed E-state index contributed by atoms with van der Waals surface area (Å²) in [5, 5.41) is 3.39. The van der Waals surface area contributed by atoms with Crippen molar-refractivity contribution in [2.75, 3.05) is 19.6 Å². The lowest BCUT2D eigenvalue weighted by Gasteiger charge is -2.38.